The zero-order valence-electron chi connectivity index (χ0n) is 12.2. The highest BCUT2D eigenvalue weighted by atomic mass is 16.4. The van der Waals surface area contributed by atoms with Gasteiger partial charge >= 0.3 is 5.97 Å². The molecule has 0 saturated heterocycles. The molecule has 1 N–H and O–H groups in total. The van der Waals surface area contributed by atoms with E-state index < -0.39 is 5.97 Å². The van der Waals surface area contributed by atoms with Gasteiger partial charge in [-0.1, -0.05) is 26.0 Å². The molecule has 3 nitrogen and oxygen atoms in total. The molecule has 1 aliphatic rings. The summed E-state index contributed by atoms with van der Waals surface area (Å²) in [6, 6.07) is 6.50. The Morgan fingerprint density at radius 2 is 2.00 bits per heavy atom. The zero-order valence-corrected chi connectivity index (χ0v) is 12.2. The SMILES string of the molecule is CC(C)c1ccc(N(C)C)c(C2(CC(=O)O)CC2)c1. The monoisotopic (exact) mass is 261 g/mol. The van der Waals surface area contributed by atoms with Gasteiger partial charge in [-0.3, -0.25) is 4.79 Å². The van der Waals surface area contributed by atoms with E-state index >= 15 is 0 Å². The molecule has 0 amide bonds. The molecule has 2 rings (SSSR count). The van der Waals surface area contributed by atoms with Gasteiger partial charge in [0.1, 0.15) is 0 Å². The highest BCUT2D eigenvalue weighted by Gasteiger charge is 2.47. The average Bonchev–Trinajstić information content (AvgIpc) is 3.08. The van der Waals surface area contributed by atoms with Gasteiger partial charge in [0.15, 0.2) is 0 Å². The summed E-state index contributed by atoms with van der Waals surface area (Å²) in [5.41, 5.74) is 3.53. The molecule has 1 aliphatic carbocycles. The van der Waals surface area contributed by atoms with E-state index in [0.29, 0.717) is 5.92 Å². The quantitative estimate of drug-likeness (QED) is 0.883. The first-order chi connectivity index (χ1) is 8.85. The second-order valence-electron chi connectivity index (χ2n) is 6.18. The molecule has 0 unspecified atom stereocenters. The fourth-order valence-electron chi connectivity index (χ4n) is 2.71. The summed E-state index contributed by atoms with van der Waals surface area (Å²) < 4.78 is 0. The minimum absolute atomic E-state index is 0.129. The Bertz CT molecular complexity index is 488. The molecule has 0 spiro atoms. The van der Waals surface area contributed by atoms with Gasteiger partial charge in [0, 0.05) is 25.2 Å². The van der Waals surface area contributed by atoms with Crippen LogP contribution in [0.3, 0.4) is 0 Å². The van der Waals surface area contributed by atoms with Crippen molar-refractivity contribution in [1.82, 2.24) is 0 Å². The fourth-order valence-corrected chi connectivity index (χ4v) is 2.71. The lowest BCUT2D eigenvalue weighted by atomic mass is 9.87. The molecule has 104 valence electrons. The number of anilines is 1. The summed E-state index contributed by atoms with van der Waals surface area (Å²) in [5, 5.41) is 9.14. The van der Waals surface area contributed by atoms with Crippen molar-refractivity contribution in [2.24, 2.45) is 0 Å². The van der Waals surface area contributed by atoms with Crippen LogP contribution in [0.4, 0.5) is 5.69 Å². The number of nitrogens with zero attached hydrogens (tertiary/aromatic N) is 1. The number of carboxylic acids is 1. The van der Waals surface area contributed by atoms with Crippen molar-refractivity contribution in [2.75, 3.05) is 19.0 Å². The van der Waals surface area contributed by atoms with Crippen LogP contribution in [0.2, 0.25) is 0 Å². The molecule has 1 aromatic carbocycles. The van der Waals surface area contributed by atoms with Crippen LogP contribution in [0.5, 0.6) is 0 Å². The topological polar surface area (TPSA) is 40.5 Å². The molecular weight excluding hydrogens is 238 g/mol. The normalized spacial score (nSPS) is 16.5. The van der Waals surface area contributed by atoms with Gasteiger partial charge in [-0.15, -0.1) is 0 Å². The summed E-state index contributed by atoms with van der Waals surface area (Å²) in [7, 11) is 4.04. The molecule has 19 heavy (non-hydrogen) atoms. The second kappa shape index (κ2) is 4.87. The lowest BCUT2D eigenvalue weighted by molar-refractivity contribution is -0.137. The van der Waals surface area contributed by atoms with Crippen LogP contribution >= 0.6 is 0 Å². The Morgan fingerprint density at radius 1 is 1.37 bits per heavy atom. The van der Waals surface area contributed by atoms with Crippen molar-refractivity contribution in [3.63, 3.8) is 0 Å². The van der Waals surface area contributed by atoms with E-state index in [1.165, 1.54) is 11.1 Å². The predicted octanol–water partition coefficient (Wildman–Crippen LogP) is 3.38. The number of aliphatic carboxylic acids is 1. The molecule has 0 aromatic heterocycles. The van der Waals surface area contributed by atoms with Crippen LogP contribution in [0.1, 0.15) is 50.2 Å². The largest absolute Gasteiger partial charge is 0.481 e. The van der Waals surface area contributed by atoms with Crippen LogP contribution in [-0.4, -0.2) is 25.2 Å². The molecule has 1 fully saturated rings. The molecule has 0 heterocycles. The molecule has 3 heteroatoms. The maximum absolute atomic E-state index is 11.1. The van der Waals surface area contributed by atoms with E-state index in [2.05, 4.69) is 36.9 Å². The van der Waals surface area contributed by atoms with E-state index in [1.54, 1.807) is 0 Å². The van der Waals surface area contributed by atoms with E-state index in [4.69, 9.17) is 5.11 Å². The Morgan fingerprint density at radius 3 is 2.42 bits per heavy atom. The van der Waals surface area contributed by atoms with Gasteiger partial charge in [0.25, 0.3) is 0 Å². The Balaban J connectivity index is 2.46. The molecule has 0 radical (unpaired) electrons. The minimum Gasteiger partial charge on any atom is -0.481 e. The van der Waals surface area contributed by atoms with Crippen molar-refractivity contribution in [3.8, 4) is 0 Å². The van der Waals surface area contributed by atoms with E-state index in [0.717, 1.165) is 18.5 Å². The number of carbonyl (C=O) groups is 1. The third-order valence-electron chi connectivity index (χ3n) is 4.08. The Hall–Kier alpha value is -1.51. The first-order valence-corrected chi connectivity index (χ1v) is 6.89. The number of rotatable bonds is 5. The summed E-state index contributed by atoms with van der Waals surface area (Å²) in [6.45, 7) is 4.34. The number of hydrogen-bond acceptors (Lipinski definition) is 2. The van der Waals surface area contributed by atoms with Crippen molar-refractivity contribution >= 4 is 11.7 Å². The third-order valence-corrected chi connectivity index (χ3v) is 4.08. The Kier molecular flexibility index (Phi) is 3.57. The maximum Gasteiger partial charge on any atom is 0.304 e. The molecule has 0 bridgehead atoms. The molecule has 1 saturated carbocycles. The van der Waals surface area contributed by atoms with Gasteiger partial charge in [0.2, 0.25) is 0 Å². The van der Waals surface area contributed by atoms with Crippen molar-refractivity contribution < 1.29 is 9.90 Å². The fraction of sp³-hybridized carbons (Fsp3) is 0.562. The van der Waals surface area contributed by atoms with Gasteiger partial charge in [-0.25, -0.2) is 0 Å². The van der Waals surface area contributed by atoms with Crippen molar-refractivity contribution in [3.05, 3.63) is 29.3 Å². The smallest absolute Gasteiger partial charge is 0.304 e. The minimum atomic E-state index is -0.697. The van der Waals surface area contributed by atoms with Crippen molar-refractivity contribution in [1.29, 1.82) is 0 Å². The summed E-state index contributed by atoms with van der Waals surface area (Å²) in [6.07, 6.45) is 2.22. The zero-order chi connectivity index (χ0) is 14.2. The molecule has 0 aliphatic heterocycles. The van der Waals surface area contributed by atoms with Crippen LogP contribution in [0, 0.1) is 0 Å². The summed E-state index contributed by atoms with van der Waals surface area (Å²) in [5.74, 6) is -0.229. The Labute approximate surface area is 115 Å². The van der Waals surface area contributed by atoms with Gasteiger partial charge < -0.3 is 10.0 Å². The highest BCUT2D eigenvalue weighted by Crippen LogP contribution is 2.54. The second-order valence-corrected chi connectivity index (χ2v) is 6.18. The van der Waals surface area contributed by atoms with Crippen LogP contribution in [0.15, 0.2) is 18.2 Å². The van der Waals surface area contributed by atoms with Gasteiger partial charge in [-0.05, 0) is 36.0 Å². The lowest BCUT2D eigenvalue weighted by Gasteiger charge is -2.24. The van der Waals surface area contributed by atoms with Crippen LogP contribution in [-0.2, 0) is 10.2 Å². The van der Waals surface area contributed by atoms with Crippen LogP contribution < -0.4 is 4.90 Å². The number of benzene rings is 1. The molecular formula is C16H23NO2. The first kappa shape index (κ1) is 13.9. The van der Waals surface area contributed by atoms with Gasteiger partial charge in [0.05, 0.1) is 6.42 Å². The third kappa shape index (κ3) is 2.75. The summed E-state index contributed by atoms with van der Waals surface area (Å²) in [4.78, 5) is 13.2. The van der Waals surface area contributed by atoms with E-state index in [-0.39, 0.29) is 11.8 Å². The van der Waals surface area contributed by atoms with Crippen molar-refractivity contribution in [2.45, 2.75) is 44.4 Å². The predicted molar refractivity (Wildman–Crippen MR) is 78.0 cm³/mol. The van der Waals surface area contributed by atoms with Crippen LogP contribution in [0.25, 0.3) is 0 Å². The standard InChI is InChI=1S/C16H23NO2/c1-11(2)12-5-6-14(17(3)4)13(9-12)16(7-8-16)10-15(18)19/h5-6,9,11H,7-8,10H2,1-4H3,(H,18,19). The van der Waals surface area contributed by atoms with Gasteiger partial charge in [-0.2, -0.15) is 0 Å². The lowest BCUT2D eigenvalue weighted by Crippen LogP contribution is -2.19. The molecule has 0 atom stereocenters. The van der Waals surface area contributed by atoms with E-state index in [9.17, 15) is 4.79 Å². The number of carboxylic acid groups (broad SMARTS) is 1. The summed E-state index contributed by atoms with van der Waals surface area (Å²) >= 11 is 0. The maximum atomic E-state index is 11.1. The first-order valence-electron chi connectivity index (χ1n) is 6.89. The highest BCUT2D eigenvalue weighted by molar-refractivity contribution is 5.72. The van der Waals surface area contributed by atoms with E-state index in [1.807, 2.05) is 14.1 Å². The molecule has 1 aromatic rings. The number of hydrogen-bond donors (Lipinski definition) is 1. The average molecular weight is 261 g/mol.